The smallest absolute Gasteiger partial charge is 0.240 e. The van der Waals surface area contributed by atoms with Gasteiger partial charge in [0.05, 0.1) is 30.7 Å². The molecule has 2 aromatic carbocycles. The summed E-state index contributed by atoms with van der Waals surface area (Å²) in [6.45, 7) is 0.0931. The minimum atomic E-state index is -3.66. The maximum absolute atomic E-state index is 12.3. The summed E-state index contributed by atoms with van der Waals surface area (Å²) in [6, 6.07) is 12.8. The van der Waals surface area contributed by atoms with Crippen LogP contribution in [0.2, 0.25) is 0 Å². The molecule has 0 saturated carbocycles. The Kier molecular flexibility index (Phi) is 5.21. The molecular formula is C16H16N2O4S. The topological polar surface area (TPSA) is 88.4 Å². The monoisotopic (exact) mass is 332 g/mol. The lowest BCUT2D eigenvalue weighted by atomic mass is 10.2. The van der Waals surface area contributed by atoms with Gasteiger partial charge in [0.15, 0.2) is 0 Å². The highest BCUT2D eigenvalue weighted by molar-refractivity contribution is 7.89. The third-order valence-electron chi connectivity index (χ3n) is 3.17. The summed E-state index contributed by atoms with van der Waals surface area (Å²) in [5.41, 5.74) is 1.11. The van der Waals surface area contributed by atoms with Crippen LogP contribution in [-0.4, -0.2) is 22.6 Å². The first-order valence-corrected chi connectivity index (χ1v) is 8.18. The van der Waals surface area contributed by atoms with Gasteiger partial charge in [-0.2, -0.15) is 5.26 Å². The fraction of sp³-hybridized carbons (Fsp3) is 0.188. The number of rotatable bonds is 6. The van der Waals surface area contributed by atoms with Gasteiger partial charge in [-0.1, -0.05) is 0 Å². The van der Waals surface area contributed by atoms with Gasteiger partial charge in [-0.25, -0.2) is 13.1 Å². The largest absolute Gasteiger partial charge is 0.497 e. The second-order valence-corrected chi connectivity index (χ2v) is 6.45. The fourth-order valence-corrected chi connectivity index (χ4v) is 2.96. The van der Waals surface area contributed by atoms with Crippen LogP contribution in [0.1, 0.15) is 11.1 Å². The molecule has 0 fully saturated rings. The van der Waals surface area contributed by atoms with Crippen LogP contribution in [-0.2, 0) is 16.6 Å². The number of sulfonamides is 1. The fourth-order valence-electron chi connectivity index (χ4n) is 1.94. The highest BCUT2D eigenvalue weighted by Crippen LogP contribution is 2.22. The van der Waals surface area contributed by atoms with Crippen LogP contribution in [0.5, 0.6) is 11.5 Å². The Morgan fingerprint density at radius 1 is 1.04 bits per heavy atom. The third kappa shape index (κ3) is 4.22. The molecule has 0 aromatic heterocycles. The molecule has 0 aliphatic carbocycles. The van der Waals surface area contributed by atoms with Crippen molar-refractivity contribution >= 4 is 10.0 Å². The predicted molar refractivity (Wildman–Crippen MR) is 84.7 cm³/mol. The van der Waals surface area contributed by atoms with Crippen LogP contribution < -0.4 is 14.2 Å². The van der Waals surface area contributed by atoms with Gasteiger partial charge >= 0.3 is 0 Å². The molecule has 0 aliphatic rings. The number of hydrogen-bond acceptors (Lipinski definition) is 5. The van der Waals surface area contributed by atoms with E-state index in [9.17, 15) is 8.42 Å². The average Bonchev–Trinajstić information content (AvgIpc) is 2.59. The van der Waals surface area contributed by atoms with Gasteiger partial charge in [-0.05, 0) is 42.0 Å². The van der Waals surface area contributed by atoms with E-state index < -0.39 is 10.0 Å². The summed E-state index contributed by atoms with van der Waals surface area (Å²) in [6.07, 6.45) is 0. The minimum Gasteiger partial charge on any atom is -0.497 e. The maximum atomic E-state index is 12.3. The Morgan fingerprint density at radius 2 is 1.61 bits per heavy atom. The Morgan fingerprint density at radius 3 is 2.09 bits per heavy atom. The molecule has 7 heteroatoms. The summed E-state index contributed by atoms with van der Waals surface area (Å²) in [5, 5.41) is 8.74. The van der Waals surface area contributed by atoms with E-state index in [0.717, 1.165) is 0 Å². The SMILES string of the molecule is COc1cc(CNS(=O)(=O)c2ccc(C#N)cc2)cc(OC)c1. The standard InChI is InChI=1S/C16H16N2O4S/c1-21-14-7-13(8-15(9-14)22-2)11-18-23(19,20)16-5-3-12(10-17)4-6-16/h3-9,18H,11H2,1-2H3. The van der Waals surface area contributed by atoms with Gasteiger partial charge in [-0.15, -0.1) is 0 Å². The Bertz CT molecular complexity index is 802. The lowest BCUT2D eigenvalue weighted by Gasteiger charge is -2.10. The van der Waals surface area contributed by atoms with E-state index in [1.165, 1.54) is 38.5 Å². The van der Waals surface area contributed by atoms with Crippen molar-refractivity contribution in [3.05, 3.63) is 53.6 Å². The van der Waals surface area contributed by atoms with Gasteiger partial charge in [0.25, 0.3) is 0 Å². The van der Waals surface area contributed by atoms with E-state index in [2.05, 4.69) is 4.72 Å². The molecule has 0 aliphatic heterocycles. The molecule has 120 valence electrons. The van der Waals surface area contributed by atoms with E-state index in [4.69, 9.17) is 14.7 Å². The van der Waals surface area contributed by atoms with E-state index in [1.807, 2.05) is 6.07 Å². The molecule has 0 spiro atoms. The molecule has 0 amide bonds. The Balaban J connectivity index is 2.17. The molecule has 2 aromatic rings. The lowest BCUT2D eigenvalue weighted by Crippen LogP contribution is -2.23. The number of nitrogens with one attached hydrogen (secondary N) is 1. The van der Waals surface area contributed by atoms with Crippen LogP contribution in [0, 0.1) is 11.3 Å². The minimum absolute atomic E-state index is 0.0931. The molecule has 0 bridgehead atoms. The van der Waals surface area contributed by atoms with Crippen molar-refractivity contribution in [2.24, 2.45) is 0 Å². The molecule has 6 nitrogen and oxygen atoms in total. The first kappa shape index (κ1) is 16.8. The van der Waals surface area contributed by atoms with Gasteiger partial charge < -0.3 is 9.47 Å². The number of nitrogens with zero attached hydrogens (tertiary/aromatic N) is 1. The van der Waals surface area contributed by atoms with Crippen LogP contribution in [0.3, 0.4) is 0 Å². The van der Waals surface area contributed by atoms with Gasteiger partial charge in [-0.3, -0.25) is 0 Å². The van der Waals surface area contributed by atoms with Crippen molar-refractivity contribution in [1.29, 1.82) is 5.26 Å². The molecule has 23 heavy (non-hydrogen) atoms. The number of methoxy groups -OCH3 is 2. The van der Waals surface area contributed by atoms with Crippen LogP contribution >= 0.6 is 0 Å². The molecule has 0 atom stereocenters. The molecule has 0 heterocycles. The molecule has 0 unspecified atom stereocenters. The second kappa shape index (κ2) is 7.13. The summed E-state index contributed by atoms with van der Waals surface area (Å²) < 4.78 is 37.3. The molecule has 0 saturated heterocycles. The lowest BCUT2D eigenvalue weighted by molar-refractivity contribution is 0.393. The van der Waals surface area contributed by atoms with Crippen LogP contribution in [0.25, 0.3) is 0 Å². The van der Waals surface area contributed by atoms with Gasteiger partial charge in [0.2, 0.25) is 10.0 Å². The number of nitriles is 1. The van der Waals surface area contributed by atoms with E-state index in [-0.39, 0.29) is 11.4 Å². The Hall–Kier alpha value is -2.56. The highest BCUT2D eigenvalue weighted by Gasteiger charge is 2.14. The Labute approximate surface area is 135 Å². The summed E-state index contributed by atoms with van der Waals surface area (Å²) >= 11 is 0. The number of hydrogen-bond donors (Lipinski definition) is 1. The predicted octanol–water partition coefficient (Wildman–Crippen LogP) is 2.05. The summed E-state index contributed by atoms with van der Waals surface area (Å²) in [4.78, 5) is 0.103. The van der Waals surface area contributed by atoms with Crippen molar-refractivity contribution in [3.63, 3.8) is 0 Å². The summed E-state index contributed by atoms with van der Waals surface area (Å²) in [7, 11) is -0.609. The molecule has 0 radical (unpaired) electrons. The second-order valence-electron chi connectivity index (χ2n) is 4.68. The highest BCUT2D eigenvalue weighted by atomic mass is 32.2. The normalized spacial score (nSPS) is 10.8. The molecule has 1 N–H and O–H groups in total. The van der Waals surface area contributed by atoms with E-state index in [1.54, 1.807) is 18.2 Å². The van der Waals surface area contributed by atoms with Crippen molar-refractivity contribution in [2.45, 2.75) is 11.4 Å². The molecule has 2 rings (SSSR count). The van der Waals surface area contributed by atoms with Crippen molar-refractivity contribution < 1.29 is 17.9 Å². The van der Waals surface area contributed by atoms with Crippen LogP contribution in [0.15, 0.2) is 47.4 Å². The zero-order valence-corrected chi connectivity index (χ0v) is 13.6. The summed E-state index contributed by atoms with van der Waals surface area (Å²) in [5.74, 6) is 1.16. The van der Waals surface area contributed by atoms with Gasteiger partial charge in [0.1, 0.15) is 11.5 Å². The molecular weight excluding hydrogens is 316 g/mol. The van der Waals surface area contributed by atoms with E-state index in [0.29, 0.717) is 22.6 Å². The number of benzene rings is 2. The quantitative estimate of drug-likeness (QED) is 0.874. The van der Waals surface area contributed by atoms with Crippen molar-refractivity contribution in [1.82, 2.24) is 4.72 Å². The third-order valence-corrected chi connectivity index (χ3v) is 4.59. The zero-order chi connectivity index (χ0) is 16.9. The zero-order valence-electron chi connectivity index (χ0n) is 12.7. The maximum Gasteiger partial charge on any atom is 0.240 e. The first-order valence-electron chi connectivity index (χ1n) is 6.70. The van der Waals surface area contributed by atoms with Crippen LogP contribution in [0.4, 0.5) is 0 Å². The number of ether oxygens (including phenoxy) is 2. The first-order chi connectivity index (χ1) is 11.0. The van der Waals surface area contributed by atoms with Crippen molar-refractivity contribution in [2.75, 3.05) is 14.2 Å². The van der Waals surface area contributed by atoms with Gasteiger partial charge in [0, 0.05) is 12.6 Å². The van der Waals surface area contributed by atoms with Crippen molar-refractivity contribution in [3.8, 4) is 17.6 Å². The average molecular weight is 332 g/mol. The van der Waals surface area contributed by atoms with E-state index >= 15 is 0 Å².